The van der Waals surface area contributed by atoms with Gasteiger partial charge in [-0.1, -0.05) is 0 Å². The first-order valence-electron chi connectivity index (χ1n) is 7.64. The average Bonchev–Trinajstić information content (AvgIpc) is 2.53. The number of carboxylic acids is 1. The van der Waals surface area contributed by atoms with Gasteiger partial charge in [0.1, 0.15) is 18.1 Å². The normalized spacial score (nSPS) is 15.5. The summed E-state index contributed by atoms with van der Waals surface area (Å²) in [6.07, 6.45) is 0.548. The van der Waals surface area contributed by atoms with Gasteiger partial charge in [0.15, 0.2) is 0 Å². The van der Waals surface area contributed by atoms with Crippen LogP contribution in [0.4, 0.5) is 0 Å². The molecule has 0 radical (unpaired) electrons. The molecule has 0 spiro atoms. The Labute approximate surface area is 150 Å². The summed E-state index contributed by atoms with van der Waals surface area (Å²) >= 11 is 1.42. The lowest BCUT2D eigenvalue weighted by Crippen LogP contribution is -2.56. The maximum absolute atomic E-state index is 12.3. The van der Waals surface area contributed by atoms with E-state index in [1.807, 2.05) is 0 Å². The number of aliphatic carboxylic acids is 1. The van der Waals surface area contributed by atoms with E-state index in [-0.39, 0.29) is 19.3 Å². The van der Waals surface area contributed by atoms with Crippen molar-refractivity contribution in [3.05, 3.63) is 0 Å². The second-order valence-electron chi connectivity index (χ2n) is 5.51. The Hall–Kier alpha value is -1.85. The monoisotopic (exact) mass is 378 g/mol. The molecule has 8 N–H and O–H groups in total. The molecule has 25 heavy (non-hydrogen) atoms. The Kier molecular flexibility index (Phi) is 10.8. The van der Waals surface area contributed by atoms with Crippen molar-refractivity contribution in [1.82, 2.24) is 10.6 Å². The molecule has 0 aliphatic heterocycles. The summed E-state index contributed by atoms with van der Waals surface area (Å²) in [5, 5.41) is 23.1. The molecule has 0 rings (SSSR count). The van der Waals surface area contributed by atoms with E-state index < -0.39 is 47.9 Å². The molecule has 4 unspecified atom stereocenters. The summed E-state index contributed by atoms with van der Waals surface area (Å²) in [5.74, 6) is -2.92. The summed E-state index contributed by atoms with van der Waals surface area (Å²) in [5.41, 5.74) is 10.5. The van der Waals surface area contributed by atoms with Crippen LogP contribution in [0.1, 0.15) is 26.2 Å². The number of aliphatic hydroxyl groups excluding tert-OH is 1. The number of aliphatic hydroxyl groups is 1. The van der Waals surface area contributed by atoms with Crippen molar-refractivity contribution in [2.24, 2.45) is 11.5 Å². The van der Waals surface area contributed by atoms with Crippen molar-refractivity contribution in [1.29, 1.82) is 0 Å². The smallest absolute Gasteiger partial charge is 0.326 e. The first-order chi connectivity index (χ1) is 11.6. The third-order valence-corrected chi connectivity index (χ3v) is 4.00. The Bertz CT molecular complexity index is 488. The van der Waals surface area contributed by atoms with E-state index in [0.29, 0.717) is 5.75 Å². The molecule has 0 aromatic heterocycles. The number of nitrogens with two attached hydrogens (primary N) is 2. The molecule has 11 heteroatoms. The molecule has 0 saturated carbocycles. The van der Waals surface area contributed by atoms with Crippen LogP contribution < -0.4 is 22.1 Å². The highest BCUT2D eigenvalue weighted by molar-refractivity contribution is 7.98. The van der Waals surface area contributed by atoms with Gasteiger partial charge in [0.2, 0.25) is 17.7 Å². The number of hydrogen-bond donors (Lipinski definition) is 6. The number of hydrogen-bond acceptors (Lipinski definition) is 7. The Morgan fingerprint density at radius 2 is 1.64 bits per heavy atom. The number of amides is 3. The van der Waals surface area contributed by atoms with Crippen molar-refractivity contribution in [3.63, 3.8) is 0 Å². The molecule has 0 bridgehead atoms. The summed E-state index contributed by atoms with van der Waals surface area (Å²) in [6, 6.07) is -3.59. The second kappa shape index (κ2) is 11.7. The van der Waals surface area contributed by atoms with Gasteiger partial charge in [-0.25, -0.2) is 4.79 Å². The first-order valence-corrected chi connectivity index (χ1v) is 9.04. The van der Waals surface area contributed by atoms with E-state index in [0.717, 1.165) is 0 Å². The van der Waals surface area contributed by atoms with E-state index in [1.165, 1.54) is 18.7 Å². The van der Waals surface area contributed by atoms with Crippen LogP contribution in [-0.2, 0) is 19.2 Å². The Balaban J connectivity index is 5.04. The van der Waals surface area contributed by atoms with Gasteiger partial charge >= 0.3 is 5.97 Å². The quantitative estimate of drug-likeness (QED) is 0.220. The molecule has 0 heterocycles. The van der Waals surface area contributed by atoms with Crippen molar-refractivity contribution in [3.8, 4) is 0 Å². The summed E-state index contributed by atoms with van der Waals surface area (Å²) in [4.78, 5) is 46.4. The maximum atomic E-state index is 12.3. The molecule has 0 fully saturated rings. The number of rotatable bonds is 12. The SMILES string of the molecule is CSCCC(NC(=O)C(CCC(N)=O)NC(=O)C(N)C(C)O)C(=O)O. The Morgan fingerprint density at radius 3 is 2.08 bits per heavy atom. The number of carboxylic acid groups (broad SMARTS) is 1. The van der Waals surface area contributed by atoms with Crippen LogP contribution >= 0.6 is 11.8 Å². The molecule has 3 amide bonds. The lowest BCUT2D eigenvalue weighted by molar-refractivity contribution is -0.142. The van der Waals surface area contributed by atoms with Gasteiger partial charge in [-0.2, -0.15) is 11.8 Å². The zero-order chi connectivity index (χ0) is 19.6. The largest absolute Gasteiger partial charge is 0.480 e. The van der Waals surface area contributed by atoms with Gasteiger partial charge in [0, 0.05) is 6.42 Å². The van der Waals surface area contributed by atoms with Crippen LogP contribution in [0, 0.1) is 0 Å². The zero-order valence-electron chi connectivity index (χ0n) is 14.2. The van der Waals surface area contributed by atoms with Crippen LogP contribution in [0.25, 0.3) is 0 Å². The van der Waals surface area contributed by atoms with Crippen molar-refractivity contribution >= 4 is 35.5 Å². The van der Waals surface area contributed by atoms with Crippen LogP contribution in [0.2, 0.25) is 0 Å². The molecule has 0 aliphatic rings. The van der Waals surface area contributed by atoms with Gasteiger partial charge in [-0.3, -0.25) is 14.4 Å². The molecule has 0 saturated heterocycles. The summed E-state index contributed by atoms with van der Waals surface area (Å²) in [7, 11) is 0. The third kappa shape index (κ3) is 9.27. The number of primary amides is 1. The standard InChI is InChI=1S/C14H26N4O6S/c1-7(19)11(16)13(22)17-8(3-4-10(15)20)12(21)18-9(14(23)24)5-6-25-2/h7-9,11,19H,3-6,16H2,1-2H3,(H2,15,20)(H,17,22)(H,18,21)(H,23,24). The molecule has 0 aromatic rings. The molecular formula is C14H26N4O6S. The molecular weight excluding hydrogens is 352 g/mol. The fourth-order valence-electron chi connectivity index (χ4n) is 1.81. The summed E-state index contributed by atoms with van der Waals surface area (Å²) < 4.78 is 0. The molecule has 0 aliphatic carbocycles. The lowest BCUT2D eigenvalue weighted by atomic mass is 10.1. The lowest BCUT2D eigenvalue weighted by Gasteiger charge is -2.23. The van der Waals surface area contributed by atoms with Crippen LogP contribution in [0.5, 0.6) is 0 Å². The van der Waals surface area contributed by atoms with E-state index >= 15 is 0 Å². The van der Waals surface area contributed by atoms with Gasteiger partial charge in [-0.05, 0) is 31.8 Å². The fourth-order valence-corrected chi connectivity index (χ4v) is 2.28. The third-order valence-electron chi connectivity index (χ3n) is 3.36. The van der Waals surface area contributed by atoms with Gasteiger partial charge in [0.25, 0.3) is 0 Å². The zero-order valence-corrected chi connectivity index (χ0v) is 15.0. The fraction of sp³-hybridized carbons (Fsp3) is 0.714. The summed E-state index contributed by atoms with van der Waals surface area (Å²) in [6.45, 7) is 1.31. The number of thioether (sulfide) groups is 1. The van der Waals surface area contributed by atoms with Crippen LogP contribution in [0.3, 0.4) is 0 Å². The van der Waals surface area contributed by atoms with Crippen molar-refractivity contribution in [2.75, 3.05) is 12.0 Å². The minimum atomic E-state index is -1.27. The topological polar surface area (TPSA) is 185 Å². The van der Waals surface area contributed by atoms with Crippen LogP contribution in [-0.4, -0.2) is 70.1 Å². The highest BCUT2D eigenvalue weighted by Gasteiger charge is 2.29. The average molecular weight is 378 g/mol. The minimum absolute atomic E-state index is 0.117. The van der Waals surface area contributed by atoms with E-state index in [1.54, 1.807) is 6.26 Å². The Morgan fingerprint density at radius 1 is 1.08 bits per heavy atom. The molecule has 4 atom stereocenters. The van der Waals surface area contributed by atoms with Gasteiger partial charge in [-0.15, -0.1) is 0 Å². The predicted octanol–water partition coefficient (Wildman–Crippen LogP) is -2.23. The first kappa shape index (κ1) is 23.1. The maximum Gasteiger partial charge on any atom is 0.326 e. The second-order valence-corrected chi connectivity index (χ2v) is 6.50. The van der Waals surface area contributed by atoms with Gasteiger partial charge < -0.3 is 32.3 Å². The van der Waals surface area contributed by atoms with E-state index in [9.17, 15) is 24.3 Å². The molecule has 0 aromatic carbocycles. The molecule has 10 nitrogen and oxygen atoms in total. The van der Waals surface area contributed by atoms with E-state index in [2.05, 4.69) is 10.6 Å². The number of nitrogens with one attached hydrogen (secondary N) is 2. The molecule has 144 valence electrons. The minimum Gasteiger partial charge on any atom is -0.480 e. The van der Waals surface area contributed by atoms with Crippen LogP contribution in [0.15, 0.2) is 0 Å². The van der Waals surface area contributed by atoms with Gasteiger partial charge in [0.05, 0.1) is 6.10 Å². The predicted molar refractivity (Wildman–Crippen MR) is 92.6 cm³/mol. The van der Waals surface area contributed by atoms with Crippen molar-refractivity contribution in [2.45, 2.75) is 50.4 Å². The number of carbonyl (C=O) groups excluding carboxylic acids is 3. The van der Waals surface area contributed by atoms with Crippen molar-refractivity contribution < 1.29 is 29.4 Å². The number of carbonyl (C=O) groups is 4. The highest BCUT2D eigenvalue weighted by atomic mass is 32.2. The van der Waals surface area contributed by atoms with E-state index in [4.69, 9.17) is 16.6 Å². The highest BCUT2D eigenvalue weighted by Crippen LogP contribution is 2.04.